The number of hydrogen-bond donors (Lipinski definition) is 8. The Morgan fingerprint density at radius 3 is 1.42 bits per heavy atom. The Morgan fingerprint density at radius 1 is 0.485 bits per heavy atom. The normalized spacial score (nSPS) is 15.0. The van der Waals surface area contributed by atoms with Crippen LogP contribution in [0.2, 0.25) is 0 Å². The van der Waals surface area contributed by atoms with E-state index in [1.807, 2.05) is 0 Å². The average molecular weight is 1010 g/mol. The van der Waals surface area contributed by atoms with Crippen molar-refractivity contribution in [2.75, 3.05) is 90.9 Å². The van der Waals surface area contributed by atoms with Gasteiger partial charge in [0.1, 0.15) is 19.3 Å². The number of carboxylic acid groups (broad SMARTS) is 2. The lowest BCUT2D eigenvalue weighted by Gasteiger charge is -2.28. The molecule has 0 aromatic rings. The quantitative estimate of drug-likeness (QED) is 0.0322. The van der Waals surface area contributed by atoms with E-state index in [0.29, 0.717) is 38.9 Å². The number of amides is 6. The molecule has 1 aliphatic rings. The minimum atomic E-state index is -1.21. The van der Waals surface area contributed by atoms with E-state index in [4.69, 9.17) is 24.1 Å². The Kier molecular flexibility index (Phi) is 37.6. The molecule has 380 valence electrons. The maximum Gasteiger partial charge on any atom is 0.326 e. The molecule has 0 saturated heterocycles. The molecule has 1 rings (SSSR count). The average Bonchev–Trinajstić information content (AvgIpc) is 3.29. The fraction of sp³-hybridized carbons (Fsp3) is 0.822. The van der Waals surface area contributed by atoms with E-state index < -0.39 is 18.0 Å². The molecule has 0 aromatic heterocycles. The number of unbranched alkanes of at least 4 members (excludes halogenated alkanes) is 11. The number of carbonyl (C=O) groups excluding carboxylic acids is 6. The lowest BCUT2D eigenvalue weighted by Crippen LogP contribution is -2.45. The molecule has 1 saturated carbocycles. The summed E-state index contributed by atoms with van der Waals surface area (Å²) in [7, 11) is 0. The Balaban J connectivity index is 2.00. The first-order valence-corrected chi connectivity index (χ1v) is 25.0. The Morgan fingerprint density at radius 2 is 0.924 bits per heavy atom. The van der Waals surface area contributed by atoms with Gasteiger partial charge in [0.05, 0.1) is 45.0 Å². The van der Waals surface area contributed by atoms with Gasteiger partial charge < -0.3 is 61.1 Å². The molecule has 0 spiro atoms. The summed E-state index contributed by atoms with van der Waals surface area (Å²) in [6.07, 6.45) is 16.5. The highest BCUT2D eigenvalue weighted by Gasteiger charge is 2.30. The van der Waals surface area contributed by atoms with Crippen LogP contribution in [-0.2, 0) is 57.3 Å². The fourth-order valence-corrected chi connectivity index (χ4v) is 7.26. The third-order valence-electron chi connectivity index (χ3n) is 10.9. The molecule has 21 heteroatoms. The summed E-state index contributed by atoms with van der Waals surface area (Å²) in [5.41, 5.74) is 0. The van der Waals surface area contributed by atoms with E-state index in [0.717, 1.165) is 51.4 Å². The number of nitrogens with one attached hydrogen (secondary N) is 6. The number of carboxylic acids is 2. The van der Waals surface area contributed by atoms with Crippen LogP contribution in [0.25, 0.3) is 0 Å². The van der Waals surface area contributed by atoms with Gasteiger partial charge in [0.15, 0.2) is 0 Å². The standard InChI is InChI=1S/C45H79BrN6O14/c46-31-40(55)47-21-22-48-41(56)33-65-29-28-64-26-24-50-42(57)34-66-30-27-63-25-23-49-39(54)20-19-37(45(61)62)52-44(60)36-17-15-35(16-18-36)32-51-38(53)13-11-9-7-5-3-1-2-4-6-8-10-12-14-43(58)59/h35-37H,1-34H2,(H,47,55)(H,48,56)(H,49,54)(H,50,57)(H,51,53)(H,52,60)(H,58,59)(H,61,62)/t35-,36-,37-/m0/s1. The smallest absolute Gasteiger partial charge is 0.326 e. The van der Waals surface area contributed by atoms with Gasteiger partial charge in [-0.1, -0.05) is 80.1 Å². The van der Waals surface area contributed by atoms with Crippen molar-refractivity contribution < 1.29 is 67.5 Å². The zero-order chi connectivity index (χ0) is 48.5. The minimum Gasteiger partial charge on any atom is -0.481 e. The van der Waals surface area contributed by atoms with Crippen molar-refractivity contribution >= 4 is 63.3 Å². The second-order valence-corrected chi connectivity index (χ2v) is 17.0. The second kappa shape index (κ2) is 41.3. The van der Waals surface area contributed by atoms with Crippen LogP contribution in [0, 0.1) is 11.8 Å². The van der Waals surface area contributed by atoms with E-state index >= 15 is 0 Å². The first kappa shape index (κ1) is 60.1. The maximum absolute atomic E-state index is 12.9. The van der Waals surface area contributed by atoms with Gasteiger partial charge in [-0.3, -0.25) is 33.6 Å². The molecule has 0 unspecified atom stereocenters. The lowest BCUT2D eigenvalue weighted by atomic mass is 9.81. The summed E-state index contributed by atoms with van der Waals surface area (Å²) in [5.74, 6) is -3.43. The third-order valence-corrected chi connectivity index (χ3v) is 11.4. The molecular formula is C45H79BrN6O14. The molecule has 0 aromatic carbocycles. The Bertz CT molecular complexity index is 1390. The van der Waals surface area contributed by atoms with Gasteiger partial charge in [-0.05, 0) is 50.9 Å². The Labute approximate surface area is 398 Å². The van der Waals surface area contributed by atoms with Crippen LogP contribution in [0.5, 0.6) is 0 Å². The highest BCUT2D eigenvalue weighted by Crippen LogP contribution is 2.29. The van der Waals surface area contributed by atoms with Gasteiger partial charge in [-0.15, -0.1) is 0 Å². The van der Waals surface area contributed by atoms with Crippen molar-refractivity contribution in [3.63, 3.8) is 0 Å². The summed E-state index contributed by atoms with van der Waals surface area (Å²) in [6, 6.07) is -1.19. The molecule has 0 aliphatic heterocycles. The molecular weight excluding hydrogens is 928 g/mol. The van der Waals surface area contributed by atoms with Crippen molar-refractivity contribution in [1.82, 2.24) is 31.9 Å². The second-order valence-electron chi connectivity index (χ2n) is 16.5. The largest absolute Gasteiger partial charge is 0.481 e. The molecule has 0 bridgehead atoms. The monoisotopic (exact) mass is 1010 g/mol. The predicted molar refractivity (Wildman–Crippen MR) is 249 cm³/mol. The summed E-state index contributed by atoms with van der Waals surface area (Å²) in [6.45, 7) is 2.52. The number of rotatable bonds is 43. The zero-order valence-electron chi connectivity index (χ0n) is 38.9. The van der Waals surface area contributed by atoms with Gasteiger partial charge in [0, 0.05) is 57.9 Å². The van der Waals surface area contributed by atoms with E-state index in [9.17, 15) is 43.5 Å². The van der Waals surface area contributed by atoms with Crippen LogP contribution >= 0.6 is 15.9 Å². The van der Waals surface area contributed by atoms with Crippen molar-refractivity contribution in [3.05, 3.63) is 0 Å². The number of alkyl halides is 1. The number of halogens is 1. The van der Waals surface area contributed by atoms with Gasteiger partial charge in [0.25, 0.3) is 0 Å². The summed E-state index contributed by atoms with van der Waals surface area (Å²) in [4.78, 5) is 94.7. The van der Waals surface area contributed by atoms with Crippen LogP contribution in [0.4, 0.5) is 0 Å². The molecule has 66 heavy (non-hydrogen) atoms. The molecule has 0 radical (unpaired) electrons. The topological polar surface area (TPSA) is 286 Å². The molecule has 20 nitrogen and oxygen atoms in total. The van der Waals surface area contributed by atoms with Crippen molar-refractivity contribution in [2.24, 2.45) is 11.8 Å². The van der Waals surface area contributed by atoms with Gasteiger partial charge in [0.2, 0.25) is 35.4 Å². The van der Waals surface area contributed by atoms with E-state index in [1.165, 1.54) is 38.5 Å². The van der Waals surface area contributed by atoms with Crippen molar-refractivity contribution in [3.8, 4) is 0 Å². The van der Waals surface area contributed by atoms with Crippen LogP contribution in [0.1, 0.15) is 128 Å². The Hall–Kier alpha value is -3.92. The van der Waals surface area contributed by atoms with Gasteiger partial charge in [-0.2, -0.15) is 0 Å². The first-order valence-electron chi connectivity index (χ1n) is 23.9. The van der Waals surface area contributed by atoms with E-state index in [-0.39, 0.29) is 138 Å². The van der Waals surface area contributed by atoms with Crippen LogP contribution in [0.3, 0.4) is 0 Å². The molecule has 6 amide bonds. The molecule has 0 heterocycles. The first-order chi connectivity index (χ1) is 31.9. The SMILES string of the molecule is O=C(O)CCCCCCCCCCCCCCC(=O)NC[C@H]1CC[C@H](C(=O)N[C@@H](CCC(=O)NCCOCCOCC(=O)NCCOCCOCC(=O)NCCNC(=O)CBr)C(=O)O)CC1. The summed E-state index contributed by atoms with van der Waals surface area (Å²) in [5, 5.41) is 34.7. The summed E-state index contributed by atoms with van der Waals surface area (Å²) < 4.78 is 21.2. The molecule has 1 fully saturated rings. The number of ether oxygens (including phenoxy) is 4. The zero-order valence-corrected chi connectivity index (χ0v) is 40.5. The number of aliphatic carboxylic acids is 2. The molecule has 1 atom stereocenters. The minimum absolute atomic E-state index is 0.0537. The molecule has 1 aliphatic carbocycles. The lowest BCUT2D eigenvalue weighted by molar-refractivity contribution is -0.143. The highest BCUT2D eigenvalue weighted by atomic mass is 79.9. The van der Waals surface area contributed by atoms with E-state index in [1.54, 1.807) is 0 Å². The van der Waals surface area contributed by atoms with Crippen LogP contribution in [0.15, 0.2) is 0 Å². The third kappa shape index (κ3) is 36.2. The fourth-order valence-electron chi connectivity index (χ4n) is 7.06. The van der Waals surface area contributed by atoms with Crippen LogP contribution in [-0.4, -0.2) is 155 Å². The molecule has 8 N–H and O–H groups in total. The maximum atomic E-state index is 12.9. The number of hydrogen-bond acceptors (Lipinski definition) is 12. The predicted octanol–water partition coefficient (Wildman–Crippen LogP) is 2.73. The van der Waals surface area contributed by atoms with Crippen LogP contribution < -0.4 is 31.9 Å². The number of carbonyl (C=O) groups is 8. The van der Waals surface area contributed by atoms with Crippen molar-refractivity contribution in [1.29, 1.82) is 0 Å². The highest BCUT2D eigenvalue weighted by molar-refractivity contribution is 9.09. The van der Waals surface area contributed by atoms with Gasteiger partial charge >= 0.3 is 11.9 Å². The van der Waals surface area contributed by atoms with Crippen molar-refractivity contribution in [2.45, 2.75) is 134 Å². The van der Waals surface area contributed by atoms with E-state index in [2.05, 4.69) is 47.8 Å². The van der Waals surface area contributed by atoms with Gasteiger partial charge in [-0.25, -0.2) is 4.79 Å². The summed E-state index contributed by atoms with van der Waals surface area (Å²) >= 11 is 3.03.